The van der Waals surface area contributed by atoms with Crippen LogP contribution in [0.4, 0.5) is 0 Å². The lowest BCUT2D eigenvalue weighted by molar-refractivity contribution is -0.130. The second kappa shape index (κ2) is 6.93. The lowest BCUT2D eigenvalue weighted by Gasteiger charge is -2.23. The molecule has 0 N–H and O–H groups in total. The van der Waals surface area contributed by atoms with E-state index in [0.29, 0.717) is 6.79 Å². The second-order valence-electron chi connectivity index (χ2n) is 6.04. The fraction of sp³-hybridized carbons (Fsp3) is 0.625. The predicted molar refractivity (Wildman–Crippen MR) is 94.8 cm³/mol. The van der Waals surface area contributed by atoms with Crippen molar-refractivity contribution in [3.8, 4) is 0 Å². The van der Waals surface area contributed by atoms with Gasteiger partial charge in [0.05, 0.1) is 18.1 Å². The minimum Gasteiger partial charge on any atom is -0.355 e. The van der Waals surface area contributed by atoms with E-state index in [-0.39, 0.29) is 17.7 Å². The Hall–Kier alpha value is -0.890. The normalized spacial score (nSPS) is 18.9. The maximum absolute atomic E-state index is 12.9. The van der Waals surface area contributed by atoms with Gasteiger partial charge in [-0.05, 0) is 39.7 Å². The highest BCUT2D eigenvalue weighted by molar-refractivity contribution is 7.99. The minimum absolute atomic E-state index is 0.0715. The monoisotopic (exact) mass is 354 g/mol. The summed E-state index contributed by atoms with van der Waals surface area (Å²) in [6.45, 7) is 9.20. The second-order valence-corrected chi connectivity index (χ2v) is 8.23. The Bertz CT molecular complexity index is 761. The van der Waals surface area contributed by atoms with Gasteiger partial charge in [0.25, 0.3) is 5.56 Å². The maximum atomic E-state index is 12.9. The molecule has 0 spiro atoms. The third kappa shape index (κ3) is 3.33. The first-order valence-corrected chi connectivity index (χ1v) is 9.63. The standard InChI is InChI=1S/C16H22N2O3S2/c1-9(2)18-15(19)13-10(3)11(4)23-14(13)17-16(18)22-7-12-5-6-20-8-21-12/h9,12H,5-8H2,1-4H3/t12-/m0/s1. The van der Waals surface area contributed by atoms with Crippen molar-refractivity contribution < 1.29 is 9.47 Å². The number of aryl methyl sites for hydroxylation is 2. The zero-order valence-corrected chi connectivity index (χ0v) is 15.6. The molecule has 0 unspecified atom stereocenters. The van der Waals surface area contributed by atoms with E-state index < -0.39 is 0 Å². The van der Waals surface area contributed by atoms with Gasteiger partial charge in [-0.3, -0.25) is 9.36 Å². The number of rotatable bonds is 4. The summed E-state index contributed by atoms with van der Waals surface area (Å²) < 4.78 is 12.6. The summed E-state index contributed by atoms with van der Waals surface area (Å²) in [7, 11) is 0. The summed E-state index contributed by atoms with van der Waals surface area (Å²) in [5, 5.41) is 1.56. The van der Waals surface area contributed by atoms with Gasteiger partial charge in [0.15, 0.2) is 5.16 Å². The molecule has 0 aromatic carbocycles. The quantitative estimate of drug-likeness (QED) is 0.621. The summed E-state index contributed by atoms with van der Waals surface area (Å²) >= 11 is 3.20. The van der Waals surface area contributed by atoms with Crippen LogP contribution in [0.25, 0.3) is 10.2 Å². The van der Waals surface area contributed by atoms with Crippen LogP contribution in [0.15, 0.2) is 9.95 Å². The van der Waals surface area contributed by atoms with Crippen LogP contribution in [0.5, 0.6) is 0 Å². The van der Waals surface area contributed by atoms with Gasteiger partial charge in [-0.15, -0.1) is 11.3 Å². The third-order valence-corrected chi connectivity index (χ3v) is 6.27. The van der Waals surface area contributed by atoms with E-state index in [1.54, 1.807) is 23.1 Å². The highest BCUT2D eigenvalue weighted by atomic mass is 32.2. The van der Waals surface area contributed by atoms with E-state index in [0.717, 1.165) is 44.6 Å². The van der Waals surface area contributed by atoms with Crippen LogP contribution in [0.3, 0.4) is 0 Å². The van der Waals surface area contributed by atoms with Gasteiger partial charge in [0.2, 0.25) is 0 Å². The van der Waals surface area contributed by atoms with E-state index >= 15 is 0 Å². The Kier molecular flexibility index (Phi) is 5.10. The Labute approximate surface area is 144 Å². The van der Waals surface area contributed by atoms with Crippen LogP contribution in [0, 0.1) is 13.8 Å². The predicted octanol–water partition coefficient (Wildman–Crippen LogP) is 3.51. The highest BCUT2D eigenvalue weighted by Crippen LogP contribution is 2.30. The summed E-state index contributed by atoms with van der Waals surface area (Å²) in [6.07, 6.45) is 1.05. The van der Waals surface area contributed by atoms with Crippen LogP contribution in [0.2, 0.25) is 0 Å². The van der Waals surface area contributed by atoms with Crippen molar-refractivity contribution in [3.05, 3.63) is 20.8 Å². The molecule has 23 heavy (non-hydrogen) atoms. The lowest BCUT2D eigenvalue weighted by Crippen LogP contribution is -2.28. The number of fused-ring (bicyclic) bond motifs is 1. The van der Waals surface area contributed by atoms with Crippen molar-refractivity contribution in [2.75, 3.05) is 19.2 Å². The molecule has 3 rings (SSSR count). The molecular weight excluding hydrogens is 332 g/mol. The van der Waals surface area contributed by atoms with Gasteiger partial charge in [-0.2, -0.15) is 0 Å². The third-order valence-electron chi connectivity index (χ3n) is 4.09. The van der Waals surface area contributed by atoms with Crippen LogP contribution in [0.1, 0.15) is 36.8 Å². The van der Waals surface area contributed by atoms with Gasteiger partial charge >= 0.3 is 0 Å². The molecule has 1 aliphatic heterocycles. The summed E-state index contributed by atoms with van der Waals surface area (Å²) in [5.74, 6) is 0.789. The molecule has 5 nitrogen and oxygen atoms in total. The molecule has 1 atom stereocenters. The van der Waals surface area contributed by atoms with E-state index in [4.69, 9.17) is 14.5 Å². The molecule has 1 fully saturated rings. The van der Waals surface area contributed by atoms with E-state index in [1.807, 2.05) is 32.3 Å². The Balaban J connectivity index is 1.97. The average Bonchev–Trinajstić information content (AvgIpc) is 2.80. The Morgan fingerprint density at radius 2 is 2.22 bits per heavy atom. The molecule has 0 aliphatic carbocycles. The topological polar surface area (TPSA) is 53.4 Å². The van der Waals surface area contributed by atoms with Crippen LogP contribution in [-0.2, 0) is 9.47 Å². The van der Waals surface area contributed by atoms with Crippen molar-refractivity contribution in [1.82, 2.24) is 9.55 Å². The largest absolute Gasteiger partial charge is 0.355 e. The summed E-state index contributed by atoms with van der Waals surface area (Å²) in [4.78, 5) is 19.7. The summed E-state index contributed by atoms with van der Waals surface area (Å²) in [5.41, 5.74) is 1.13. The van der Waals surface area contributed by atoms with Crippen molar-refractivity contribution in [2.45, 2.75) is 51.4 Å². The maximum Gasteiger partial charge on any atom is 0.263 e. The van der Waals surface area contributed by atoms with Crippen molar-refractivity contribution in [3.63, 3.8) is 0 Å². The van der Waals surface area contributed by atoms with E-state index in [1.165, 1.54) is 0 Å². The number of hydrogen-bond acceptors (Lipinski definition) is 6. The number of hydrogen-bond donors (Lipinski definition) is 0. The van der Waals surface area contributed by atoms with Crippen molar-refractivity contribution in [2.24, 2.45) is 0 Å². The molecular formula is C16H22N2O3S2. The smallest absolute Gasteiger partial charge is 0.263 e. The molecule has 3 heterocycles. The van der Waals surface area contributed by atoms with E-state index in [9.17, 15) is 4.79 Å². The first kappa shape index (κ1) is 17.0. The molecule has 7 heteroatoms. The molecule has 2 aromatic heterocycles. The SMILES string of the molecule is Cc1sc2nc(SC[C@@H]3CCOCO3)n(C(C)C)c(=O)c2c1C. The Morgan fingerprint density at radius 3 is 2.87 bits per heavy atom. The molecule has 2 aromatic rings. The van der Waals surface area contributed by atoms with Gasteiger partial charge < -0.3 is 9.47 Å². The molecule has 126 valence electrons. The molecule has 0 radical (unpaired) electrons. The molecule has 0 amide bonds. The highest BCUT2D eigenvalue weighted by Gasteiger charge is 2.20. The summed E-state index contributed by atoms with van der Waals surface area (Å²) in [6, 6.07) is 0.0807. The van der Waals surface area contributed by atoms with Crippen molar-refractivity contribution in [1.29, 1.82) is 0 Å². The molecule has 0 saturated carbocycles. The van der Waals surface area contributed by atoms with Crippen LogP contribution in [-0.4, -0.2) is 34.8 Å². The van der Waals surface area contributed by atoms with Gasteiger partial charge in [0.1, 0.15) is 11.6 Å². The molecule has 0 bridgehead atoms. The fourth-order valence-electron chi connectivity index (χ4n) is 2.65. The number of aromatic nitrogens is 2. The van der Waals surface area contributed by atoms with Gasteiger partial charge in [-0.1, -0.05) is 11.8 Å². The van der Waals surface area contributed by atoms with Gasteiger partial charge in [-0.25, -0.2) is 4.98 Å². The Morgan fingerprint density at radius 1 is 1.43 bits per heavy atom. The zero-order valence-electron chi connectivity index (χ0n) is 13.9. The van der Waals surface area contributed by atoms with E-state index in [2.05, 4.69) is 0 Å². The average molecular weight is 354 g/mol. The minimum atomic E-state index is 0.0715. The number of thioether (sulfide) groups is 1. The van der Waals surface area contributed by atoms with Crippen LogP contribution < -0.4 is 5.56 Å². The first-order chi connectivity index (χ1) is 11.0. The number of thiophene rings is 1. The lowest BCUT2D eigenvalue weighted by atomic mass is 10.2. The fourth-order valence-corrected chi connectivity index (χ4v) is 4.91. The zero-order chi connectivity index (χ0) is 16.6. The van der Waals surface area contributed by atoms with Crippen molar-refractivity contribution >= 4 is 33.3 Å². The van der Waals surface area contributed by atoms with Gasteiger partial charge in [0, 0.05) is 16.7 Å². The number of nitrogens with zero attached hydrogens (tertiary/aromatic N) is 2. The first-order valence-electron chi connectivity index (χ1n) is 7.83. The number of ether oxygens (including phenoxy) is 2. The van der Waals surface area contributed by atoms with Crippen LogP contribution >= 0.6 is 23.1 Å². The molecule has 1 saturated heterocycles. The molecule has 1 aliphatic rings.